The Morgan fingerprint density at radius 2 is 2.07 bits per heavy atom. The molecule has 2 aromatic rings. The number of hydrogen-bond acceptors (Lipinski definition) is 5. The molecule has 1 fully saturated rings. The maximum absolute atomic E-state index is 12.3. The summed E-state index contributed by atoms with van der Waals surface area (Å²) >= 11 is 0. The molecule has 1 saturated carbocycles. The quantitative estimate of drug-likeness (QED) is 0.781. The van der Waals surface area contributed by atoms with Crippen molar-refractivity contribution in [2.45, 2.75) is 44.8 Å². The standard InChI is InChI=1S/C21H24N2O4/c1-21(25,16-7-3-4-8-16)14-23-20(24)19-11-10-17(27-19)13-26-18-9-5-2-6-15(18)12-22/h2,5-6,9-11,16,25H,3-4,7-8,13-14H2,1H3,(H,23,24)/t21-/m1/s1. The summed E-state index contributed by atoms with van der Waals surface area (Å²) in [5.41, 5.74) is -0.470. The van der Waals surface area contributed by atoms with Gasteiger partial charge in [0.1, 0.15) is 24.2 Å². The Morgan fingerprint density at radius 1 is 1.33 bits per heavy atom. The second-order valence-corrected chi connectivity index (χ2v) is 7.18. The normalized spacial score (nSPS) is 16.5. The first-order valence-electron chi connectivity index (χ1n) is 9.21. The van der Waals surface area contributed by atoms with Crippen LogP contribution in [0.15, 0.2) is 40.8 Å². The maximum Gasteiger partial charge on any atom is 0.287 e. The molecule has 0 radical (unpaired) electrons. The Labute approximate surface area is 158 Å². The first-order valence-corrected chi connectivity index (χ1v) is 9.21. The molecular formula is C21H24N2O4. The Morgan fingerprint density at radius 3 is 2.81 bits per heavy atom. The van der Waals surface area contributed by atoms with E-state index in [4.69, 9.17) is 14.4 Å². The molecule has 1 atom stereocenters. The minimum Gasteiger partial charge on any atom is -0.484 e. The van der Waals surface area contributed by atoms with Gasteiger partial charge < -0.3 is 19.6 Å². The molecule has 0 bridgehead atoms. The fraction of sp³-hybridized carbons (Fsp3) is 0.429. The van der Waals surface area contributed by atoms with Crippen molar-refractivity contribution in [3.63, 3.8) is 0 Å². The number of nitrogens with one attached hydrogen (secondary N) is 1. The number of rotatable bonds is 7. The number of para-hydroxylation sites is 1. The maximum atomic E-state index is 12.3. The van der Waals surface area contributed by atoms with Crippen LogP contribution in [0.2, 0.25) is 0 Å². The zero-order valence-corrected chi connectivity index (χ0v) is 15.4. The SMILES string of the molecule is C[C@@](O)(CNC(=O)c1ccc(COc2ccccc2C#N)o1)C1CCCC1. The molecule has 1 aromatic heterocycles. The zero-order chi connectivity index (χ0) is 19.3. The van der Waals surface area contributed by atoms with Crippen LogP contribution in [-0.2, 0) is 6.61 Å². The summed E-state index contributed by atoms with van der Waals surface area (Å²) in [7, 11) is 0. The van der Waals surface area contributed by atoms with Crippen LogP contribution in [-0.4, -0.2) is 23.2 Å². The van der Waals surface area contributed by atoms with Crippen LogP contribution in [0.25, 0.3) is 0 Å². The molecule has 0 aliphatic heterocycles. The number of benzene rings is 1. The first kappa shape index (κ1) is 19.0. The van der Waals surface area contributed by atoms with Crippen molar-refractivity contribution in [2.24, 2.45) is 5.92 Å². The number of ether oxygens (including phenoxy) is 1. The molecule has 0 unspecified atom stereocenters. The van der Waals surface area contributed by atoms with E-state index >= 15 is 0 Å². The minimum atomic E-state index is -0.911. The Hall–Kier alpha value is -2.78. The molecule has 1 amide bonds. The highest BCUT2D eigenvalue weighted by molar-refractivity contribution is 5.91. The van der Waals surface area contributed by atoms with E-state index in [9.17, 15) is 9.90 Å². The van der Waals surface area contributed by atoms with E-state index < -0.39 is 5.60 Å². The molecule has 1 aliphatic carbocycles. The number of nitriles is 1. The van der Waals surface area contributed by atoms with Gasteiger partial charge in [-0.05, 0) is 49.9 Å². The summed E-state index contributed by atoms with van der Waals surface area (Å²) in [6, 6.07) is 12.2. The molecule has 6 heteroatoms. The van der Waals surface area contributed by atoms with Gasteiger partial charge in [0, 0.05) is 6.54 Å². The topological polar surface area (TPSA) is 95.5 Å². The summed E-state index contributed by atoms with van der Waals surface area (Å²) < 4.78 is 11.1. The number of carbonyl (C=O) groups is 1. The van der Waals surface area contributed by atoms with E-state index in [-0.39, 0.29) is 30.7 Å². The Balaban J connectivity index is 1.54. The van der Waals surface area contributed by atoms with Crippen LogP contribution in [0, 0.1) is 17.2 Å². The largest absolute Gasteiger partial charge is 0.484 e. The number of nitrogens with zero attached hydrogens (tertiary/aromatic N) is 1. The van der Waals surface area contributed by atoms with Gasteiger partial charge in [0.25, 0.3) is 5.91 Å². The van der Waals surface area contributed by atoms with Gasteiger partial charge in [0.2, 0.25) is 0 Å². The van der Waals surface area contributed by atoms with Crippen LogP contribution >= 0.6 is 0 Å². The highest BCUT2D eigenvalue weighted by Gasteiger charge is 2.34. The fourth-order valence-corrected chi connectivity index (χ4v) is 3.45. The molecule has 0 saturated heterocycles. The molecule has 2 N–H and O–H groups in total. The van der Waals surface area contributed by atoms with Crippen LogP contribution in [0.3, 0.4) is 0 Å². The number of amides is 1. The van der Waals surface area contributed by atoms with E-state index in [1.54, 1.807) is 43.3 Å². The molecule has 3 rings (SSSR count). The fourth-order valence-electron chi connectivity index (χ4n) is 3.45. The molecule has 6 nitrogen and oxygen atoms in total. The average Bonchev–Trinajstić information content (AvgIpc) is 3.37. The summed E-state index contributed by atoms with van der Waals surface area (Å²) in [6.45, 7) is 2.08. The molecule has 0 spiro atoms. The predicted octanol–water partition coefficient (Wildman–Crippen LogP) is 3.40. The number of carbonyl (C=O) groups excluding carboxylic acids is 1. The van der Waals surface area contributed by atoms with Gasteiger partial charge in [0.05, 0.1) is 11.2 Å². The molecule has 1 aromatic carbocycles. The van der Waals surface area contributed by atoms with Crippen molar-refractivity contribution in [3.05, 3.63) is 53.5 Å². The predicted molar refractivity (Wildman–Crippen MR) is 99.1 cm³/mol. The van der Waals surface area contributed by atoms with E-state index in [1.165, 1.54) is 0 Å². The van der Waals surface area contributed by atoms with Crippen LogP contribution < -0.4 is 10.1 Å². The van der Waals surface area contributed by atoms with Crippen LogP contribution in [0.1, 0.15) is 54.5 Å². The number of furan rings is 1. The van der Waals surface area contributed by atoms with Gasteiger partial charge in [-0.15, -0.1) is 0 Å². The monoisotopic (exact) mass is 368 g/mol. The van der Waals surface area contributed by atoms with Crippen molar-refractivity contribution >= 4 is 5.91 Å². The van der Waals surface area contributed by atoms with Gasteiger partial charge in [-0.25, -0.2) is 0 Å². The third-order valence-electron chi connectivity index (χ3n) is 5.10. The third-order valence-corrected chi connectivity index (χ3v) is 5.10. The van der Waals surface area contributed by atoms with Gasteiger partial charge in [-0.1, -0.05) is 25.0 Å². The lowest BCUT2D eigenvalue weighted by atomic mass is 9.88. The first-order chi connectivity index (χ1) is 13.0. The van der Waals surface area contributed by atoms with Crippen molar-refractivity contribution in [2.75, 3.05) is 6.54 Å². The Bertz CT molecular complexity index is 829. The van der Waals surface area contributed by atoms with E-state index in [0.717, 1.165) is 25.7 Å². The van der Waals surface area contributed by atoms with Crippen molar-refractivity contribution in [1.29, 1.82) is 5.26 Å². The molecule has 142 valence electrons. The third kappa shape index (κ3) is 4.69. The van der Waals surface area contributed by atoms with Crippen molar-refractivity contribution < 1.29 is 19.1 Å². The lowest BCUT2D eigenvalue weighted by Gasteiger charge is -2.30. The summed E-state index contributed by atoms with van der Waals surface area (Å²) in [6.07, 6.45) is 4.25. The summed E-state index contributed by atoms with van der Waals surface area (Å²) in [5.74, 6) is 0.977. The van der Waals surface area contributed by atoms with E-state index in [1.807, 2.05) is 0 Å². The molecular weight excluding hydrogens is 344 g/mol. The van der Waals surface area contributed by atoms with Crippen LogP contribution in [0.4, 0.5) is 0 Å². The number of hydrogen-bond donors (Lipinski definition) is 2. The van der Waals surface area contributed by atoms with Gasteiger partial charge in [-0.2, -0.15) is 5.26 Å². The molecule has 27 heavy (non-hydrogen) atoms. The summed E-state index contributed by atoms with van der Waals surface area (Å²) in [5, 5.41) is 22.4. The zero-order valence-electron chi connectivity index (χ0n) is 15.4. The van der Waals surface area contributed by atoms with Crippen LogP contribution in [0.5, 0.6) is 5.75 Å². The van der Waals surface area contributed by atoms with E-state index in [2.05, 4.69) is 11.4 Å². The molecule has 1 aliphatic rings. The van der Waals surface area contributed by atoms with Crippen molar-refractivity contribution in [3.8, 4) is 11.8 Å². The van der Waals surface area contributed by atoms with Gasteiger partial charge in [-0.3, -0.25) is 4.79 Å². The summed E-state index contributed by atoms with van der Waals surface area (Å²) in [4.78, 5) is 12.3. The lowest BCUT2D eigenvalue weighted by Crippen LogP contribution is -2.45. The van der Waals surface area contributed by atoms with Gasteiger partial charge in [0.15, 0.2) is 5.76 Å². The highest BCUT2D eigenvalue weighted by atomic mass is 16.5. The molecule has 1 heterocycles. The average molecular weight is 368 g/mol. The number of aliphatic hydroxyl groups is 1. The van der Waals surface area contributed by atoms with Gasteiger partial charge >= 0.3 is 0 Å². The second kappa shape index (κ2) is 8.28. The Kier molecular flexibility index (Phi) is 5.82. The lowest BCUT2D eigenvalue weighted by molar-refractivity contribution is 0.00260. The minimum absolute atomic E-state index is 0.117. The smallest absolute Gasteiger partial charge is 0.287 e. The second-order valence-electron chi connectivity index (χ2n) is 7.18. The van der Waals surface area contributed by atoms with E-state index in [0.29, 0.717) is 17.1 Å². The highest BCUT2D eigenvalue weighted by Crippen LogP contribution is 2.33. The van der Waals surface area contributed by atoms with Crippen molar-refractivity contribution in [1.82, 2.24) is 5.32 Å².